The van der Waals surface area contributed by atoms with Crippen molar-refractivity contribution in [2.24, 2.45) is 4.99 Å². The predicted molar refractivity (Wildman–Crippen MR) is 142 cm³/mol. The maximum absolute atomic E-state index is 6.10. The lowest BCUT2D eigenvalue weighted by Crippen LogP contribution is -2.36. The molecule has 7 nitrogen and oxygen atoms in total. The van der Waals surface area contributed by atoms with Gasteiger partial charge in [-0.2, -0.15) is 5.10 Å². The summed E-state index contributed by atoms with van der Waals surface area (Å²) in [5, 5.41) is 11.3. The maximum atomic E-state index is 6.10. The largest absolute Gasteiger partial charge is 0.491 e. The van der Waals surface area contributed by atoms with E-state index in [-0.39, 0.29) is 30.1 Å². The quantitative estimate of drug-likeness (QED) is 0.245. The maximum Gasteiger partial charge on any atom is 0.191 e. The second-order valence-corrected chi connectivity index (χ2v) is 7.92. The van der Waals surface area contributed by atoms with E-state index in [0.29, 0.717) is 25.7 Å². The highest BCUT2D eigenvalue weighted by molar-refractivity contribution is 14.0. The van der Waals surface area contributed by atoms with Crippen LogP contribution in [0.25, 0.3) is 5.69 Å². The first-order chi connectivity index (χ1) is 15.7. The van der Waals surface area contributed by atoms with E-state index in [9.17, 15) is 0 Å². The number of halogens is 1. The van der Waals surface area contributed by atoms with Crippen molar-refractivity contribution in [3.05, 3.63) is 77.6 Å². The summed E-state index contributed by atoms with van der Waals surface area (Å²) < 4.78 is 13.7. The fraction of sp³-hybridized carbons (Fsp3) is 0.360. The van der Waals surface area contributed by atoms with Crippen LogP contribution in [0.15, 0.2) is 65.8 Å². The normalized spacial score (nSPS) is 15.7. The Labute approximate surface area is 212 Å². The molecular weight excluding hydrogens is 529 g/mol. The minimum atomic E-state index is 0. The Bertz CT molecular complexity index is 1030. The molecule has 4 rings (SSSR count). The fourth-order valence-corrected chi connectivity index (χ4v) is 3.66. The van der Waals surface area contributed by atoms with Crippen LogP contribution in [0.5, 0.6) is 5.75 Å². The molecule has 1 saturated heterocycles. The third-order valence-corrected chi connectivity index (χ3v) is 5.44. The molecule has 1 aromatic heterocycles. The fourth-order valence-electron chi connectivity index (χ4n) is 3.66. The van der Waals surface area contributed by atoms with Crippen LogP contribution >= 0.6 is 24.0 Å². The molecule has 176 valence electrons. The molecule has 0 aliphatic carbocycles. The summed E-state index contributed by atoms with van der Waals surface area (Å²) >= 11 is 0. The molecule has 1 atom stereocenters. The van der Waals surface area contributed by atoms with Gasteiger partial charge in [-0.1, -0.05) is 30.3 Å². The van der Waals surface area contributed by atoms with Crippen molar-refractivity contribution < 1.29 is 9.47 Å². The number of ether oxygens (including phenoxy) is 2. The van der Waals surface area contributed by atoms with Crippen LogP contribution in [-0.4, -0.2) is 42.1 Å². The van der Waals surface area contributed by atoms with E-state index in [1.165, 1.54) is 5.56 Å². The molecule has 2 heterocycles. The minimum Gasteiger partial charge on any atom is -0.491 e. The second-order valence-electron chi connectivity index (χ2n) is 7.92. The Morgan fingerprint density at radius 1 is 1.15 bits per heavy atom. The number of aryl methyl sites for hydroxylation is 1. The standard InChI is InChI=1S/C25H31N5O2.HI/c1-19-10-11-20(24(15-19)32-18-23-9-6-14-31-23)16-27-25(26-2)28-17-21-12-13-30(29-21)22-7-4-3-5-8-22;/h3-5,7-8,10-13,15,23H,6,9,14,16-18H2,1-2H3,(H2,26,27,28);1H. The van der Waals surface area contributed by atoms with Crippen molar-refractivity contribution in [1.82, 2.24) is 20.4 Å². The number of aromatic nitrogens is 2. The number of benzene rings is 2. The summed E-state index contributed by atoms with van der Waals surface area (Å²) in [6, 6.07) is 18.4. The van der Waals surface area contributed by atoms with Crippen molar-refractivity contribution >= 4 is 29.9 Å². The lowest BCUT2D eigenvalue weighted by atomic mass is 10.1. The van der Waals surface area contributed by atoms with Gasteiger partial charge in [0.05, 0.1) is 24.0 Å². The molecule has 1 aliphatic heterocycles. The minimum absolute atomic E-state index is 0. The van der Waals surface area contributed by atoms with Gasteiger partial charge in [0.15, 0.2) is 5.96 Å². The van der Waals surface area contributed by atoms with Gasteiger partial charge in [0.1, 0.15) is 12.4 Å². The second kappa shape index (κ2) is 12.6. The highest BCUT2D eigenvalue weighted by Crippen LogP contribution is 2.22. The molecule has 2 aromatic carbocycles. The zero-order chi connectivity index (χ0) is 22.2. The topological polar surface area (TPSA) is 72.7 Å². The van der Waals surface area contributed by atoms with Gasteiger partial charge in [-0.05, 0) is 49.6 Å². The molecule has 1 unspecified atom stereocenters. The van der Waals surface area contributed by atoms with Gasteiger partial charge in [0.2, 0.25) is 0 Å². The number of guanidine groups is 1. The first-order valence-electron chi connectivity index (χ1n) is 11.1. The summed E-state index contributed by atoms with van der Waals surface area (Å²) in [7, 11) is 1.77. The molecule has 0 radical (unpaired) electrons. The van der Waals surface area contributed by atoms with Crippen LogP contribution in [0.1, 0.15) is 29.7 Å². The van der Waals surface area contributed by atoms with Crippen molar-refractivity contribution in [2.75, 3.05) is 20.3 Å². The van der Waals surface area contributed by atoms with Crippen molar-refractivity contribution in [1.29, 1.82) is 0 Å². The van der Waals surface area contributed by atoms with Crippen LogP contribution in [0, 0.1) is 6.92 Å². The molecule has 8 heteroatoms. The molecule has 3 aromatic rings. The van der Waals surface area contributed by atoms with Gasteiger partial charge >= 0.3 is 0 Å². The van der Waals surface area contributed by atoms with E-state index in [4.69, 9.17) is 9.47 Å². The summed E-state index contributed by atoms with van der Waals surface area (Å²) in [5.41, 5.74) is 4.24. The van der Waals surface area contributed by atoms with E-state index < -0.39 is 0 Å². The third-order valence-electron chi connectivity index (χ3n) is 5.44. The number of nitrogens with zero attached hydrogens (tertiary/aromatic N) is 3. The van der Waals surface area contributed by atoms with Crippen LogP contribution < -0.4 is 15.4 Å². The average Bonchev–Trinajstić information content (AvgIpc) is 3.52. The molecule has 1 aliphatic rings. The molecule has 0 spiro atoms. The number of para-hydroxylation sites is 1. The van der Waals surface area contributed by atoms with E-state index in [2.05, 4.69) is 45.8 Å². The summed E-state index contributed by atoms with van der Waals surface area (Å²) in [5.74, 6) is 1.61. The first kappa shape index (κ1) is 25.0. The van der Waals surface area contributed by atoms with E-state index in [1.807, 2.05) is 47.3 Å². The summed E-state index contributed by atoms with van der Waals surface area (Å²) in [4.78, 5) is 4.34. The SMILES string of the molecule is CN=C(NCc1ccn(-c2ccccc2)n1)NCc1ccc(C)cc1OCC1CCCO1.I. The van der Waals surface area contributed by atoms with Gasteiger partial charge in [-0.3, -0.25) is 4.99 Å². The van der Waals surface area contributed by atoms with Gasteiger partial charge < -0.3 is 20.1 Å². The predicted octanol–water partition coefficient (Wildman–Crippen LogP) is 4.22. The molecule has 2 N–H and O–H groups in total. The molecule has 33 heavy (non-hydrogen) atoms. The zero-order valence-corrected chi connectivity index (χ0v) is 21.5. The van der Waals surface area contributed by atoms with Gasteiger partial charge in [0, 0.05) is 32.0 Å². The van der Waals surface area contributed by atoms with Crippen LogP contribution in [0.4, 0.5) is 0 Å². The Kier molecular flexibility index (Phi) is 9.56. The lowest BCUT2D eigenvalue weighted by molar-refractivity contribution is 0.0676. The monoisotopic (exact) mass is 561 g/mol. The number of nitrogens with one attached hydrogen (secondary N) is 2. The number of hydrogen-bond donors (Lipinski definition) is 2. The molecule has 0 amide bonds. The molecule has 1 fully saturated rings. The number of hydrogen-bond acceptors (Lipinski definition) is 4. The van der Waals surface area contributed by atoms with E-state index in [0.717, 1.165) is 42.1 Å². The lowest BCUT2D eigenvalue weighted by Gasteiger charge is -2.17. The van der Waals surface area contributed by atoms with Gasteiger partial charge in [-0.25, -0.2) is 4.68 Å². The van der Waals surface area contributed by atoms with Crippen molar-refractivity contribution in [2.45, 2.75) is 39.0 Å². The zero-order valence-electron chi connectivity index (χ0n) is 19.2. The molecule has 0 saturated carbocycles. The van der Waals surface area contributed by atoms with Crippen LogP contribution in [-0.2, 0) is 17.8 Å². The van der Waals surface area contributed by atoms with Crippen molar-refractivity contribution in [3.8, 4) is 11.4 Å². The Morgan fingerprint density at radius 2 is 1.97 bits per heavy atom. The van der Waals surface area contributed by atoms with Crippen LogP contribution in [0.2, 0.25) is 0 Å². The average molecular weight is 561 g/mol. The van der Waals surface area contributed by atoms with E-state index >= 15 is 0 Å². The van der Waals surface area contributed by atoms with Gasteiger partial charge in [-0.15, -0.1) is 24.0 Å². The Morgan fingerprint density at radius 3 is 2.73 bits per heavy atom. The highest BCUT2D eigenvalue weighted by Gasteiger charge is 2.17. The highest BCUT2D eigenvalue weighted by atomic mass is 127. The Hall–Kier alpha value is -2.59. The molecular formula is C25H32IN5O2. The smallest absolute Gasteiger partial charge is 0.191 e. The summed E-state index contributed by atoms with van der Waals surface area (Å²) in [6.07, 6.45) is 4.34. The first-order valence-corrected chi connectivity index (χ1v) is 11.1. The molecule has 0 bridgehead atoms. The summed E-state index contributed by atoms with van der Waals surface area (Å²) in [6.45, 7) is 4.69. The van der Waals surface area contributed by atoms with Crippen LogP contribution in [0.3, 0.4) is 0 Å². The van der Waals surface area contributed by atoms with E-state index in [1.54, 1.807) is 7.05 Å². The van der Waals surface area contributed by atoms with Gasteiger partial charge in [0.25, 0.3) is 0 Å². The Balaban J connectivity index is 0.00000306. The third kappa shape index (κ3) is 7.20. The number of rotatable bonds is 8. The van der Waals surface area contributed by atoms with Crippen molar-refractivity contribution in [3.63, 3.8) is 0 Å². The number of aliphatic imine (C=N–C) groups is 1.